The van der Waals surface area contributed by atoms with Gasteiger partial charge in [0, 0.05) is 54.4 Å². The number of benzene rings is 2. The number of ether oxygens (including phenoxy) is 1. The predicted octanol–water partition coefficient (Wildman–Crippen LogP) is 5.97. The molecule has 3 rings (SSSR count). The lowest BCUT2D eigenvalue weighted by Crippen LogP contribution is -2.45. The van der Waals surface area contributed by atoms with Gasteiger partial charge in [0.1, 0.15) is 20.9 Å². The number of amides is 1. The Kier molecular flexibility index (Phi) is 10.9. The van der Waals surface area contributed by atoms with Crippen LogP contribution < -0.4 is 10.3 Å². The minimum absolute atomic E-state index is 0.151. The van der Waals surface area contributed by atoms with Crippen molar-refractivity contribution in [1.82, 2.24) is 13.6 Å². The number of sulfonamides is 1. The van der Waals surface area contributed by atoms with E-state index in [2.05, 4.69) is 4.72 Å². The molecule has 2 atom stereocenters. The number of hydrogen-bond donors (Lipinski definition) is 1. The number of ketones is 1. The number of aryl methyl sites for hydroxylation is 1. The number of pyridine rings is 1. The van der Waals surface area contributed by atoms with Gasteiger partial charge in [-0.05, 0) is 109 Å². The molecular formula is C34H44FN3O7S2. The minimum atomic E-state index is -4.40. The first-order chi connectivity index (χ1) is 21.4. The molecule has 0 spiro atoms. The lowest BCUT2D eigenvalue weighted by molar-refractivity contribution is 0.0417. The second kappa shape index (κ2) is 13.5. The zero-order chi connectivity index (χ0) is 35.9. The van der Waals surface area contributed by atoms with Crippen LogP contribution in [0, 0.1) is 5.82 Å². The summed E-state index contributed by atoms with van der Waals surface area (Å²) in [6, 6.07) is 10.2. The summed E-state index contributed by atoms with van der Waals surface area (Å²) in [7, 11) is -1.75. The molecule has 0 fully saturated rings. The Morgan fingerprint density at radius 3 is 2.09 bits per heavy atom. The molecule has 1 heterocycles. The maximum absolute atomic E-state index is 13.9. The second-order valence-electron chi connectivity index (χ2n) is 13.9. The highest BCUT2D eigenvalue weighted by Crippen LogP contribution is 2.39. The average Bonchev–Trinajstić information content (AvgIpc) is 2.96. The molecule has 0 bridgehead atoms. The summed E-state index contributed by atoms with van der Waals surface area (Å²) in [6.45, 7) is 14.9. The van der Waals surface area contributed by atoms with E-state index in [4.69, 9.17) is 4.74 Å². The molecule has 2 aromatic carbocycles. The molecule has 0 radical (unpaired) electrons. The summed E-state index contributed by atoms with van der Waals surface area (Å²) in [5.74, 6) is -0.998. The zero-order valence-corrected chi connectivity index (χ0v) is 30.4. The number of nitrogens with zero attached hydrogens (tertiary/aromatic N) is 2. The van der Waals surface area contributed by atoms with Crippen molar-refractivity contribution in [2.75, 3.05) is 7.05 Å². The quantitative estimate of drug-likeness (QED) is 0.214. The van der Waals surface area contributed by atoms with Gasteiger partial charge in [-0.2, -0.15) is 0 Å². The fourth-order valence-corrected chi connectivity index (χ4v) is 6.79. The van der Waals surface area contributed by atoms with Gasteiger partial charge in [0.05, 0.1) is 6.04 Å². The Balaban J connectivity index is 2.33. The number of nitrogens with one attached hydrogen (secondary N) is 1. The molecule has 0 aliphatic heterocycles. The number of rotatable bonds is 9. The maximum atomic E-state index is 13.9. The van der Waals surface area contributed by atoms with Crippen LogP contribution in [0.2, 0.25) is 0 Å². The van der Waals surface area contributed by atoms with E-state index in [9.17, 15) is 31.7 Å². The molecular weight excluding hydrogens is 646 g/mol. The van der Waals surface area contributed by atoms with Gasteiger partial charge in [-0.3, -0.25) is 9.59 Å². The van der Waals surface area contributed by atoms with Crippen LogP contribution in [0.1, 0.15) is 95.4 Å². The van der Waals surface area contributed by atoms with Crippen LogP contribution >= 0.6 is 0 Å². The van der Waals surface area contributed by atoms with Crippen LogP contribution in [0.3, 0.4) is 0 Å². The standard InChI is InChI=1S/C34H44FN3O7S2/c1-21(36-46(42)33(5,6)7)26-19-29(39)37(10)20-28(26)27-18-23(14-17-25(27)30(40)22-12-15-24(35)16-13-22)34(8,9)47(43,44)38(11)31(41)45-32(2,3)4/h12-21,36H,1-11H3/t21-,46?/m0/s1. The Bertz CT molecular complexity index is 1820. The van der Waals surface area contributed by atoms with Crippen molar-refractivity contribution in [2.45, 2.75) is 83.5 Å². The van der Waals surface area contributed by atoms with Crippen molar-refractivity contribution in [2.24, 2.45) is 7.05 Å². The van der Waals surface area contributed by atoms with E-state index in [-0.39, 0.29) is 27.8 Å². The lowest BCUT2D eigenvalue weighted by Gasteiger charge is -2.32. The van der Waals surface area contributed by atoms with Gasteiger partial charge in [-0.15, -0.1) is 4.72 Å². The van der Waals surface area contributed by atoms with E-state index in [0.29, 0.717) is 15.4 Å². The summed E-state index contributed by atoms with van der Waals surface area (Å²) in [5.41, 5.74) is 0.367. The number of hydrogen-bond acceptors (Lipinski definition) is 8. The van der Waals surface area contributed by atoms with Crippen molar-refractivity contribution in [3.05, 3.63) is 93.2 Å². The van der Waals surface area contributed by atoms with Crippen molar-refractivity contribution in [3.8, 4) is 11.1 Å². The highest BCUT2D eigenvalue weighted by molar-refractivity contribution is 7.91. The Morgan fingerprint density at radius 2 is 1.55 bits per heavy atom. The van der Waals surface area contributed by atoms with Crippen molar-refractivity contribution < 1.29 is 31.7 Å². The smallest absolute Gasteiger partial charge is 0.423 e. The largest absolute Gasteiger partial charge is 0.598 e. The van der Waals surface area contributed by atoms with E-state index in [1.807, 2.05) is 0 Å². The third kappa shape index (κ3) is 8.32. The number of carbonyl (C=O) groups excluding carboxylic acids is 2. The molecule has 0 saturated heterocycles. The highest BCUT2D eigenvalue weighted by atomic mass is 32.2. The topological polar surface area (TPSA) is 138 Å². The third-order valence-electron chi connectivity index (χ3n) is 7.58. The third-order valence-corrected chi connectivity index (χ3v) is 11.7. The van der Waals surface area contributed by atoms with Crippen LogP contribution in [-0.2, 0) is 37.9 Å². The Morgan fingerprint density at radius 1 is 0.979 bits per heavy atom. The van der Waals surface area contributed by atoms with E-state index >= 15 is 0 Å². The first-order valence-corrected chi connectivity index (χ1v) is 17.5. The van der Waals surface area contributed by atoms with E-state index in [0.717, 1.165) is 19.2 Å². The molecule has 1 unspecified atom stereocenters. The minimum Gasteiger partial charge on any atom is -0.598 e. The first kappa shape index (κ1) is 37.9. The monoisotopic (exact) mass is 689 g/mol. The highest BCUT2D eigenvalue weighted by Gasteiger charge is 2.43. The van der Waals surface area contributed by atoms with Gasteiger partial charge in [0.2, 0.25) is 10.0 Å². The molecule has 10 nitrogen and oxygen atoms in total. The van der Waals surface area contributed by atoms with Crippen LogP contribution in [0.5, 0.6) is 0 Å². The first-order valence-electron chi connectivity index (χ1n) is 14.9. The summed E-state index contributed by atoms with van der Waals surface area (Å²) >= 11 is -1.53. The van der Waals surface area contributed by atoms with Gasteiger partial charge < -0.3 is 13.9 Å². The normalized spacial score (nSPS) is 14.0. The molecule has 256 valence electrons. The molecule has 1 N–H and O–H groups in total. The van der Waals surface area contributed by atoms with Gasteiger partial charge in [0.25, 0.3) is 5.56 Å². The lowest BCUT2D eigenvalue weighted by atomic mass is 9.87. The zero-order valence-electron chi connectivity index (χ0n) is 28.7. The van der Waals surface area contributed by atoms with Gasteiger partial charge in [-0.25, -0.2) is 21.9 Å². The van der Waals surface area contributed by atoms with Crippen molar-refractivity contribution in [1.29, 1.82) is 0 Å². The van der Waals surface area contributed by atoms with Gasteiger partial charge >= 0.3 is 6.09 Å². The second-order valence-corrected chi connectivity index (χ2v) is 18.4. The van der Waals surface area contributed by atoms with E-state index in [1.165, 1.54) is 68.1 Å². The maximum Gasteiger partial charge on any atom is 0.423 e. The number of carbonyl (C=O) groups is 2. The average molecular weight is 690 g/mol. The van der Waals surface area contributed by atoms with Crippen LogP contribution in [0.15, 0.2) is 59.5 Å². The molecule has 0 saturated carbocycles. The number of halogens is 1. The fraction of sp³-hybridized carbons (Fsp3) is 0.441. The molecule has 47 heavy (non-hydrogen) atoms. The van der Waals surface area contributed by atoms with E-state index < -0.39 is 60.2 Å². The molecule has 0 aliphatic carbocycles. The van der Waals surface area contributed by atoms with Gasteiger partial charge in [-0.1, -0.05) is 12.1 Å². The molecule has 3 aromatic rings. The Labute approximate surface area is 279 Å². The predicted molar refractivity (Wildman–Crippen MR) is 182 cm³/mol. The SMILES string of the molecule is C[C@H](N[S+]([O-])C(C)(C)C)c1cc(=O)n(C)cc1-c1cc(C(C)(C)S(=O)(=O)N(C)C(=O)OC(C)(C)C)ccc1C(=O)c1ccc(F)cc1. The molecule has 13 heteroatoms. The van der Waals surface area contributed by atoms with Crippen molar-refractivity contribution >= 4 is 33.3 Å². The summed E-state index contributed by atoms with van der Waals surface area (Å²) in [4.78, 5) is 39.7. The number of aromatic nitrogens is 1. The summed E-state index contributed by atoms with van der Waals surface area (Å²) < 4.78 is 62.5. The summed E-state index contributed by atoms with van der Waals surface area (Å²) in [6.07, 6.45) is 0.478. The van der Waals surface area contributed by atoms with Crippen molar-refractivity contribution in [3.63, 3.8) is 0 Å². The molecule has 1 aromatic heterocycles. The molecule has 1 amide bonds. The summed E-state index contributed by atoms with van der Waals surface area (Å²) in [5, 5.41) is 0. The van der Waals surface area contributed by atoms with E-state index in [1.54, 1.807) is 48.5 Å². The Hall–Kier alpha value is -3.52. The molecule has 0 aliphatic rings. The fourth-order valence-electron chi connectivity index (χ4n) is 4.64. The van der Waals surface area contributed by atoms with Gasteiger partial charge in [0.15, 0.2) is 5.78 Å². The van der Waals surface area contributed by atoms with Crippen LogP contribution in [-0.4, -0.2) is 51.1 Å². The van der Waals surface area contributed by atoms with Crippen LogP contribution in [0.25, 0.3) is 11.1 Å². The van der Waals surface area contributed by atoms with Crippen LogP contribution in [0.4, 0.5) is 9.18 Å².